The number of ketones is 1. The van der Waals surface area contributed by atoms with Crippen molar-refractivity contribution in [3.05, 3.63) is 41.2 Å². The molecular weight excluding hydrogens is 329 g/mol. The van der Waals surface area contributed by atoms with E-state index in [0.717, 1.165) is 12.3 Å². The molecule has 10 heteroatoms. The van der Waals surface area contributed by atoms with Crippen molar-refractivity contribution in [1.82, 2.24) is 15.2 Å². The van der Waals surface area contributed by atoms with E-state index in [1.54, 1.807) is 6.07 Å². The molecule has 0 amide bonds. The number of alkyl halides is 3. The van der Waals surface area contributed by atoms with Crippen molar-refractivity contribution in [2.45, 2.75) is 12.2 Å². The van der Waals surface area contributed by atoms with E-state index in [4.69, 9.17) is 15.2 Å². The van der Waals surface area contributed by atoms with Crippen LogP contribution in [0.2, 0.25) is 0 Å². The molecule has 24 heavy (non-hydrogen) atoms. The highest BCUT2D eigenvalue weighted by atomic mass is 19.4. The third-order valence-corrected chi connectivity index (χ3v) is 3.36. The van der Waals surface area contributed by atoms with E-state index in [2.05, 4.69) is 15.2 Å². The normalized spacial score (nSPS) is 18.0. The largest absolute Gasteiger partial charge is 0.475 e. The molecule has 0 bridgehead atoms. The quantitative estimate of drug-likeness (QED) is 0.776. The van der Waals surface area contributed by atoms with Gasteiger partial charge in [0.1, 0.15) is 6.61 Å². The van der Waals surface area contributed by atoms with Crippen LogP contribution in [0.1, 0.15) is 27.5 Å². The molecule has 0 fully saturated rings. The molecule has 0 radical (unpaired) electrons. The molecule has 4 rings (SSSR count). The zero-order chi connectivity index (χ0) is 17.3. The Labute approximate surface area is 133 Å². The zero-order valence-corrected chi connectivity index (χ0v) is 12.1. The summed E-state index contributed by atoms with van der Waals surface area (Å²) in [5, 5.41) is 7.18. The number of carbonyl (C=O) groups excluding carboxylic acids is 1. The van der Waals surface area contributed by atoms with Gasteiger partial charge in [0.15, 0.2) is 6.61 Å². The second-order valence-electron chi connectivity index (χ2n) is 4.95. The molecule has 7 nitrogen and oxygen atoms in total. The minimum Gasteiger partial charge on any atom is -0.475 e. The van der Waals surface area contributed by atoms with Crippen LogP contribution >= 0.6 is 0 Å². The van der Waals surface area contributed by atoms with Gasteiger partial charge in [0.05, 0.1) is 23.4 Å². The second kappa shape index (κ2) is 6.04. The Hall–Kier alpha value is -2.75. The zero-order valence-electron chi connectivity index (χ0n) is 12.1. The number of aromatic nitrogens is 3. The number of fused-ring (bicyclic) bond motifs is 2. The fourth-order valence-corrected chi connectivity index (χ4v) is 2.28. The number of rotatable bonds is 0. The van der Waals surface area contributed by atoms with Crippen LogP contribution in [-0.4, -0.2) is 34.2 Å². The van der Waals surface area contributed by atoms with Crippen molar-refractivity contribution < 1.29 is 27.4 Å². The summed E-state index contributed by atoms with van der Waals surface area (Å²) in [6, 6.07) is 1.78. The van der Waals surface area contributed by atoms with E-state index < -0.39 is 17.8 Å². The first-order valence-corrected chi connectivity index (χ1v) is 6.80. The van der Waals surface area contributed by atoms with Crippen LogP contribution in [-0.2, 0) is 6.18 Å². The van der Waals surface area contributed by atoms with Gasteiger partial charge in [0.2, 0.25) is 17.5 Å². The summed E-state index contributed by atoms with van der Waals surface area (Å²) in [6.07, 6.45) is -1.86. The van der Waals surface area contributed by atoms with Gasteiger partial charge in [-0.1, -0.05) is 0 Å². The Morgan fingerprint density at radius 2 is 1.96 bits per heavy atom. The summed E-state index contributed by atoms with van der Waals surface area (Å²) in [5.74, 6) is 0.324. The molecule has 2 aromatic rings. The lowest BCUT2D eigenvalue weighted by Gasteiger charge is -2.11. The number of carbonyl (C=O) groups is 1. The molecule has 126 valence electrons. The van der Waals surface area contributed by atoms with Crippen LogP contribution in [0.5, 0.6) is 11.8 Å². The molecular formula is C14H11F3N4O3. The van der Waals surface area contributed by atoms with Gasteiger partial charge in [-0.3, -0.25) is 4.79 Å². The standard InChI is InChI=1S/C8H7F3N2O.C6H4N2O2/c9-8(10,11)4-1-2-13-7-6(4)5(12)3-14-7;9-5-3-10-6-4(5)1-2-7-8-6/h1-2,5H,3,12H2;1-2H,3H2. The minimum atomic E-state index is -4.40. The highest BCUT2D eigenvalue weighted by molar-refractivity contribution is 6.01. The Morgan fingerprint density at radius 1 is 1.17 bits per heavy atom. The monoisotopic (exact) mass is 340 g/mol. The lowest BCUT2D eigenvalue weighted by Crippen LogP contribution is -2.16. The van der Waals surface area contributed by atoms with Gasteiger partial charge in [-0.05, 0) is 12.1 Å². The molecule has 0 aromatic carbocycles. The Kier molecular flexibility index (Phi) is 4.06. The summed E-state index contributed by atoms with van der Waals surface area (Å²) in [7, 11) is 0. The van der Waals surface area contributed by atoms with Crippen molar-refractivity contribution in [2.75, 3.05) is 13.2 Å². The molecule has 2 aliphatic heterocycles. The number of halogens is 3. The van der Waals surface area contributed by atoms with Crippen LogP contribution in [0.4, 0.5) is 13.2 Å². The van der Waals surface area contributed by atoms with Gasteiger partial charge in [-0.2, -0.15) is 18.3 Å². The lowest BCUT2D eigenvalue weighted by atomic mass is 10.1. The molecule has 1 unspecified atom stereocenters. The van der Waals surface area contributed by atoms with Crippen molar-refractivity contribution in [3.8, 4) is 11.8 Å². The third kappa shape index (κ3) is 3.00. The van der Waals surface area contributed by atoms with Crippen molar-refractivity contribution in [1.29, 1.82) is 0 Å². The number of hydrogen-bond donors (Lipinski definition) is 1. The van der Waals surface area contributed by atoms with Crippen LogP contribution in [0.25, 0.3) is 0 Å². The molecule has 2 N–H and O–H groups in total. The summed E-state index contributed by atoms with van der Waals surface area (Å²) in [5.41, 5.74) is 5.22. The SMILES string of the molecule is NC1COc2nccc(C(F)(F)F)c21.O=C1COc2nnccc21. The topological polar surface area (TPSA) is 100 Å². The lowest BCUT2D eigenvalue weighted by molar-refractivity contribution is -0.138. The van der Waals surface area contributed by atoms with E-state index >= 15 is 0 Å². The van der Waals surface area contributed by atoms with Gasteiger partial charge in [-0.15, -0.1) is 5.10 Å². The van der Waals surface area contributed by atoms with Gasteiger partial charge >= 0.3 is 6.18 Å². The number of hydrogen-bond acceptors (Lipinski definition) is 7. The first-order valence-electron chi connectivity index (χ1n) is 6.80. The fourth-order valence-electron chi connectivity index (χ4n) is 2.28. The van der Waals surface area contributed by atoms with E-state index in [9.17, 15) is 18.0 Å². The van der Waals surface area contributed by atoms with Gasteiger partial charge < -0.3 is 15.2 Å². The predicted octanol–water partition coefficient (Wildman–Crippen LogP) is 1.54. The van der Waals surface area contributed by atoms with Crippen molar-refractivity contribution in [3.63, 3.8) is 0 Å². The molecule has 0 saturated heterocycles. The van der Waals surface area contributed by atoms with Crippen LogP contribution in [0.3, 0.4) is 0 Å². The Balaban J connectivity index is 0.000000149. The molecule has 1 atom stereocenters. The first-order chi connectivity index (χ1) is 11.4. The summed E-state index contributed by atoms with van der Waals surface area (Å²) in [4.78, 5) is 14.6. The van der Waals surface area contributed by atoms with Crippen molar-refractivity contribution in [2.24, 2.45) is 5.73 Å². The minimum absolute atomic E-state index is 0.00711. The Morgan fingerprint density at radius 3 is 2.67 bits per heavy atom. The fraction of sp³-hybridized carbons (Fsp3) is 0.286. The van der Waals surface area contributed by atoms with Crippen LogP contribution in [0.15, 0.2) is 24.5 Å². The molecule has 2 aromatic heterocycles. The second-order valence-corrected chi connectivity index (χ2v) is 4.95. The number of ether oxygens (including phenoxy) is 2. The molecule has 0 saturated carbocycles. The molecule has 0 aliphatic carbocycles. The number of Topliss-reactive ketones (excluding diaryl/α,β-unsaturated/α-hetero) is 1. The van der Waals surface area contributed by atoms with Crippen LogP contribution in [0, 0.1) is 0 Å². The molecule has 2 aliphatic rings. The van der Waals surface area contributed by atoms with E-state index in [1.165, 1.54) is 6.20 Å². The van der Waals surface area contributed by atoms with Gasteiger partial charge in [0, 0.05) is 11.8 Å². The maximum absolute atomic E-state index is 12.5. The highest BCUT2D eigenvalue weighted by Crippen LogP contribution is 2.40. The number of pyridine rings is 1. The Bertz CT molecular complexity index is 782. The first kappa shape index (κ1) is 16.1. The number of nitrogens with zero attached hydrogens (tertiary/aromatic N) is 3. The summed E-state index contributed by atoms with van der Waals surface area (Å²) < 4.78 is 47.2. The van der Waals surface area contributed by atoms with Gasteiger partial charge in [-0.25, -0.2) is 4.98 Å². The maximum Gasteiger partial charge on any atom is 0.416 e. The predicted molar refractivity (Wildman–Crippen MR) is 73.5 cm³/mol. The van der Waals surface area contributed by atoms with Gasteiger partial charge in [0.25, 0.3) is 0 Å². The van der Waals surface area contributed by atoms with E-state index in [0.29, 0.717) is 11.4 Å². The van der Waals surface area contributed by atoms with E-state index in [1.807, 2.05) is 0 Å². The maximum atomic E-state index is 12.5. The summed E-state index contributed by atoms with van der Waals surface area (Å²) in [6.45, 7) is 0.156. The third-order valence-electron chi connectivity index (χ3n) is 3.36. The van der Waals surface area contributed by atoms with Crippen molar-refractivity contribution >= 4 is 5.78 Å². The molecule has 4 heterocycles. The molecule has 0 spiro atoms. The average Bonchev–Trinajstić information content (AvgIpc) is 3.12. The average molecular weight is 340 g/mol. The van der Waals surface area contributed by atoms with E-state index in [-0.39, 0.29) is 30.4 Å². The van der Waals surface area contributed by atoms with Crippen LogP contribution < -0.4 is 15.2 Å². The smallest absolute Gasteiger partial charge is 0.416 e. The number of nitrogens with two attached hydrogens (primary N) is 1. The highest BCUT2D eigenvalue weighted by Gasteiger charge is 2.39. The summed E-state index contributed by atoms with van der Waals surface area (Å²) >= 11 is 0.